The summed E-state index contributed by atoms with van der Waals surface area (Å²) >= 11 is 0. The summed E-state index contributed by atoms with van der Waals surface area (Å²) in [7, 11) is 1.56. The average Bonchev–Trinajstić information content (AvgIpc) is 2.29. The first-order valence-electron chi connectivity index (χ1n) is 4.86. The van der Waals surface area contributed by atoms with Gasteiger partial charge in [0.1, 0.15) is 11.6 Å². The summed E-state index contributed by atoms with van der Waals surface area (Å²) in [6.07, 6.45) is 8.28. The number of allylic oxidation sites excluding steroid dienone is 3. The van der Waals surface area contributed by atoms with Gasteiger partial charge in [-0.25, -0.2) is 4.98 Å². The van der Waals surface area contributed by atoms with Crippen LogP contribution in [0.1, 0.15) is 6.92 Å². The molecule has 0 fully saturated rings. The Kier molecular flexibility index (Phi) is 4.79. The zero-order chi connectivity index (χ0) is 11.8. The van der Waals surface area contributed by atoms with E-state index in [1.807, 2.05) is 13.0 Å². The van der Waals surface area contributed by atoms with Gasteiger partial charge in [0.25, 0.3) is 0 Å². The first kappa shape index (κ1) is 12.0. The maximum atomic E-state index is 11.4. The Bertz CT molecular complexity index is 411. The molecule has 0 radical (unpaired) electrons. The summed E-state index contributed by atoms with van der Waals surface area (Å²) in [5, 5.41) is 2.62. The Hall–Kier alpha value is -2.10. The highest BCUT2D eigenvalue weighted by molar-refractivity contribution is 5.98. The number of nitrogens with zero attached hydrogens (tertiary/aromatic N) is 1. The molecule has 0 saturated heterocycles. The first-order chi connectivity index (χ1) is 7.76. The summed E-state index contributed by atoms with van der Waals surface area (Å²) in [5.41, 5.74) is 0. The van der Waals surface area contributed by atoms with Crippen LogP contribution in [0.15, 0.2) is 42.6 Å². The van der Waals surface area contributed by atoms with Gasteiger partial charge in [-0.05, 0) is 13.0 Å². The molecule has 0 atom stereocenters. The SMILES string of the molecule is CC=CC=CC(=O)Nc1cc(OC)ccn1. The average molecular weight is 218 g/mol. The third-order valence-corrected chi connectivity index (χ3v) is 1.77. The van der Waals surface area contributed by atoms with Crippen LogP contribution in [0.5, 0.6) is 5.75 Å². The minimum atomic E-state index is -0.223. The molecule has 1 rings (SSSR count). The van der Waals surface area contributed by atoms with E-state index in [0.717, 1.165) is 0 Å². The lowest BCUT2D eigenvalue weighted by molar-refractivity contribution is -0.111. The predicted molar refractivity (Wildman–Crippen MR) is 63.4 cm³/mol. The molecular formula is C12H14N2O2. The number of pyridine rings is 1. The number of amides is 1. The molecule has 4 nitrogen and oxygen atoms in total. The van der Waals surface area contributed by atoms with Crippen LogP contribution >= 0.6 is 0 Å². The molecule has 1 amide bonds. The van der Waals surface area contributed by atoms with Crippen molar-refractivity contribution in [2.45, 2.75) is 6.92 Å². The van der Waals surface area contributed by atoms with Gasteiger partial charge in [0.15, 0.2) is 0 Å². The fraction of sp³-hybridized carbons (Fsp3) is 0.167. The van der Waals surface area contributed by atoms with E-state index in [0.29, 0.717) is 11.6 Å². The van der Waals surface area contributed by atoms with Crippen LogP contribution in [-0.2, 0) is 4.79 Å². The zero-order valence-electron chi connectivity index (χ0n) is 9.31. The molecule has 0 aliphatic rings. The molecule has 1 aromatic heterocycles. The number of hydrogen-bond acceptors (Lipinski definition) is 3. The number of rotatable bonds is 4. The smallest absolute Gasteiger partial charge is 0.249 e. The molecule has 0 bridgehead atoms. The van der Waals surface area contributed by atoms with Crippen LogP contribution in [0, 0.1) is 0 Å². The van der Waals surface area contributed by atoms with Crippen molar-refractivity contribution in [1.29, 1.82) is 0 Å². The number of anilines is 1. The molecule has 1 aromatic rings. The van der Waals surface area contributed by atoms with Crippen LogP contribution < -0.4 is 10.1 Å². The maximum Gasteiger partial charge on any atom is 0.249 e. The number of ether oxygens (including phenoxy) is 1. The van der Waals surface area contributed by atoms with Crippen LogP contribution in [0.3, 0.4) is 0 Å². The van der Waals surface area contributed by atoms with Gasteiger partial charge >= 0.3 is 0 Å². The molecule has 0 spiro atoms. The molecule has 1 N–H and O–H groups in total. The van der Waals surface area contributed by atoms with E-state index in [9.17, 15) is 4.79 Å². The Morgan fingerprint density at radius 1 is 1.50 bits per heavy atom. The van der Waals surface area contributed by atoms with E-state index in [1.54, 1.807) is 37.6 Å². The zero-order valence-corrected chi connectivity index (χ0v) is 9.31. The van der Waals surface area contributed by atoms with Gasteiger partial charge in [-0.3, -0.25) is 4.79 Å². The standard InChI is InChI=1S/C12H14N2O2/c1-3-4-5-6-12(15)14-11-9-10(16-2)7-8-13-11/h3-9H,1-2H3,(H,13,14,15). The molecule has 0 aliphatic carbocycles. The second-order valence-electron chi connectivity index (χ2n) is 2.96. The van der Waals surface area contributed by atoms with Crippen molar-refractivity contribution < 1.29 is 9.53 Å². The predicted octanol–water partition coefficient (Wildman–Crippen LogP) is 2.16. The number of carbonyl (C=O) groups excluding carboxylic acids is 1. The van der Waals surface area contributed by atoms with Crippen LogP contribution in [-0.4, -0.2) is 18.0 Å². The number of aromatic nitrogens is 1. The molecular weight excluding hydrogens is 204 g/mol. The number of nitrogens with one attached hydrogen (secondary N) is 1. The Labute approximate surface area is 94.7 Å². The van der Waals surface area contributed by atoms with Crippen molar-refractivity contribution in [3.8, 4) is 5.75 Å². The summed E-state index contributed by atoms with van der Waals surface area (Å²) in [6, 6.07) is 3.37. The van der Waals surface area contributed by atoms with E-state index in [2.05, 4.69) is 10.3 Å². The number of carbonyl (C=O) groups is 1. The van der Waals surface area contributed by atoms with Crippen molar-refractivity contribution in [2.75, 3.05) is 12.4 Å². The van der Waals surface area contributed by atoms with E-state index in [-0.39, 0.29) is 5.91 Å². The Morgan fingerprint density at radius 2 is 2.31 bits per heavy atom. The van der Waals surface area contributed by atoms with Crippen molar-refractivity contribution in [3.05, 3.63) is 42.6 Å². The second-order valence-corrected chi connectivity index (χ2v) is 2.96. The van der Waals surface area contributed by atoms with Crippen LogP contribution in [0.4, 0.5) is 5.82 Å². The Morgan fingerprint density at radius 3 is 3.00 bits per heavy atom. The van der Waals surface area contributed by atoms with Gasteiger partial charge in [0.05, 0.1) is 7.11 Å². The van der Waals surface area contributed by atoms with Gasteiger partial charge in [-0.15, -0.1) is 0 Å². The molecule has 16 heavy (non-hydrogen) atoms. The maximum absolute atomic E-state index is 11.4. The molecule has 1 heterocycles. The van der Waals surface area contributed by atoms with Gasteiger partial charge < -0.3 is 10.1 Å². The monoisotopic (exact) mass is 218 g/mol. The molecule has 0 aliphatic heterocycles. The highest BCUT2D eigenvalue weighted by atomic mass is 16.5. The molecule has 4 heteroatoms. The van der Waals surface area contributed by atoms with Crippen molar-refractivity contribution in [3.63, 3.8) is 0 Å². The molecule has 0 saturated carbocycles. The molecule has 0 aromatic carbocycles. The first-order valence-corrected chi connectivity index (χ1v) is 4.86. The van der Waals surface area contributed by atoms with Gasteiger partial charge in [0, 0.05) is 18.3 Å². The third-order valence-electron chi connectivity index (χ3n) is 1.77. The van der Waals surface area contributed by atoms with Crippen molar-refractivity contribution >= 4 is 11.7 Å². The lowest BCUT2D eigenvalue weighted by atomic mass is 10.4. The number of methoxy groups -OCH3 is 1. The second kappa shape index (κ2) is 6.40. The van der Waals surface area contributed by atoms with E-state index in [4.69, 9.17) is 4.74 Å². The van der Waals surface area contributed by atoms with Gasteiger partial charge in [0.2, 0.25) is 5.91 Å². The van der Waals surface area contributed by atoms with Gasteiger partial charge in [-0.2, -0.15) is 0 Å². The lowest BCUT2D eigenvalue weighted by Crippen LogP contribution is -2.08. The number of hydrogen-bond donors (Lipinski definition) is 1. The van der Waals surface area contributed by atoms with Crippen LogP contribution in [0.25, 0.3) is 0 Å². The topological polar surface area (TPSA) is 51.2 Å². The fourth-order valence-corrected chi connectivity index (χ4v) is 1.03. The summed E-state index contributed by atoms with van der Waals surface area (Å²) in [6.45, 7) is 1.88. The highest BCUT2D eigenvalue weighted by Gasteiger charge is 1.99. The minimum Gasteiger partial charge on any atom is -0.497 e. The third kappa shape index (κ3) is 3.96. The van der Waals surface area contributed by atoms with E-state index >= 15 is 0 Å². The van der Waals surface area contributed by atoms with Gasteiger partial charge in [-0.1, -0.05) is 18.2 Å². The lowest BCUT2D eigenvalue weighted by Gasteiger charge is -2.03. The summed E-state index contributed by atoms with van der Waals surface area (Å²) in [4.78, 5) is 15.4. The highest BCUT2D eigenvalue weighted by Crippen LogP contribution is 2.13. The largest absolute Gasteiger partial charge is 0.497 e. The van der Waals surface area contributed by atoms with E-state index in [1.165, 1.54) is 6.08 Å². The minimum absolute atomic E-state index is 0.223. The van der Waals surface area contributed by atoms with Crippen LogP contribution in [0.2, 0.25) is 0 Å². The molecule has 0 unspecified atom stereocenters. The molecule has 84 valence electrons. The van der Waals surface area contributed by atoms with E-state index < -0.39 is 0 Å². The van der Waals surface area contributed by atoms with Crippen molar-refractivity contribution in [2.24, 2.45) is 0 Å². The quantitative estimate of drug-likeness (QED) is 0.622. The normalized spacial score (nSPS) is 10.9. The van der Waals surface area contributed by atoms with Crippen molar-refractivity contribution in [1.82, 2.24) is 4.98 Å². The Balaban J connectivity index is 2.62. The summed E-state index contributed by atoms with van der Waals surface area (Å²) < 4.78 is 5.01. The fourth-order valence-electron chi connectivity index (χ4n) is 1.03. The summed E-state index contributed by atoms with van der Waals surface area (Å²) in [5.74, 6) is 0.899.